The van der Waals surface area contributed by atoms with E-state index in [1.54, 1.807) is 29.3 Å². The van der Waals surface area contributed by atoms with Crippen LogP contribution in [0.3, 0.4) is 0 Å². The predicted octanol–water partition coefficient (Wildman–Crippen LogP) is 4.74. The van der Waals surface area contributed by atoms with Crippen molar-refractivity contribution in [2.45, 2.75) is 36.2 Å². The molecule has 0 spiro atoms. The Kier molecular flexibility index (Phi) is 4.55. The lowest BCUT2D eigenvalue weighted by atomic mass is 10.2. The maximum Gasteiger partial charge on any atom is 0.191 e. The van der Waals surface area contributed by atoms with Gasteiger partial charge in [0.25, 0.3) is 0 Å². The molecule has 0 bridgehead atoms. The third-order valence-electron chi connectivity index (χ3n) is 4.63. The number of nitrogens with zero attached hydrogens (tertiary/aromatic N) is 5. The molecular formula is C20H19N5S2. The van der Waals surface area contributed by atoms with Gasteiger partial charge in [-0.15, -0.1) is 21.5 Å². The van der Waals surface area contributed by atoms with E-state index >= 15 is 0 Å². The van der Waals surface area contributed by atoms with Crippen LogP contribution in [0, 0.1) is 0 Å². The Balaban J connectivity index is 1.30. The highest BCUT2D eigenvalue weighted by atomic mass is 32.2. The van der Waals surface area contributed by atoms with Crippen molar-refractivity contribution in [3.05, 3.63) is 76.5 Å². The lowest BCUT2D eigenvalue weighted by Crippen LogP contribution is -2.03. The molecule has 7 heteroatoms. The molecule has 136 valence electrons. The van der Waals surface area contributed by atoms with Crippen molar-refractivity contribution in [3.63, 3.8) is 0 Å². The van der Waals surface area contributed by atoms with Gasteiger partial charge in [-0.3, -0.25) is 0 Å². The van der Waals surface area contributed by atoms with E-state index in [2.05, 4.69) is 61.6 Å². The van der Waals surface area contributed by atoms with E-state index in [-0.39, 0.29) is 0 Å². The van der Waals surface area contributed by atoms with Crippen molar-refractivity contribution in [2.75, 3.05) is 0 Å². The first-order valence-electron chi connectivity index (χ1n) is 9.05. The van der Waals surface area contributed by atoms with Crippen LogP contribution in [0.4, 0.5) is 0 Å². The summed E-state index contributed by atoms with van der Waals surface area (Å²) in [6.07, 6.45) is 7.10. The van der Waals surface area contributed by atoms with Crippen LogP contribution in [-0.2, 0) is 12.2 Å². The molecule has 3 heterocycles. The molecule has 1 fully saturated rings. The molecule has 5 rings (SSSR count). The maximum absolute atomic E-state index is 4.50. The van der Waals surface area contributed by atoms with E-state index < -0.39 is 0 Å². The molecule has 5 nitrogen and oxygen atoms in total. The van der Waals surface area contributed by atoms with E-state index in [9.17, 15) is 0 Å². The van der Waals surface area contributed by atoms with E-state index in [4.69, 9.17) is 0 Å². The third kappa shape index (κ3) is 3.70. The van der Waals surface area contributed by atoms with Gasteiger partial charge in [-0.25, -0.2) is 4.68 Å². The lowest BCUT2D eigenvalue weighted by Gasteiger charge is -2.08. The Morgan fingerprint density at radius 2 is 1.96 bits per heavy atom. The van der Waals surface area contributed by atoms with Crippen LogP contribution in [0.2, 0.25) is 0 Å². The smallest absolute Gasteiger partial charge is 0.191 e. The quantitative estimate of drug-likeness (QED) is 0.425. The number of thiophene rings is 1. The van der Waals surface area contributed by atoms with Crippen molar-refractivity contribution >= 4 is 23.1 Å². The summed E-state index contributed by atoms with van der Waals surface area (Å²) in [5.74, 6) is 1.99. The molecule has 0 N–H and O–H groups in total. The Hall–Kier alpha value is -2.38. The number of hydrogen-bond acceptors (Lipinski definition) is 5. The average Bonchev–Trinajstić information content (AvgIpc) is 3.11. The minimum atomic E-state index is 0.583. The molecule has 27 heavy (non-hydrogen) atoms. The van der Waals surface area contributed by atoms with Gasteiger partial charge in [0.05, 0.1) is 5.69 Å². The van der Waals surface area contributed by atoms with Gasteiger partial charge in [-0.2, -0.15) is 5.10 Å². The summed E-state index contributed by atoms with van der Waals surface area (Å²) in [6, 6.07) is 15.3. The minimum Gasteiger partial charge on any atom is -0.303 e. The van der Waals surface area contributed by atoms with Crippen molar-refractivity contribution in [1.82, 2.24) is 24.5 Å². The highest BCUT2D eigenvalue weighted by Gasteiger charge is 2.29. The van der Waals surface area contributed by atoms with Crippen molar-refractivity contribution in [2.24, 2.45) is 0 Å². The number of aromatic nitrogens is 5. The summed E-state index contributed by atoms with van der Waals surface area (Å²) < 4.78 is 4.24. The van der Waals surface area contributed by atoms with Gasteiger partial charge < -0.3 is 4.57 Å². The average molecular weight is 394 g/mol. The predicted molar refractivity (Wildman–Crippen MR) is 109 cm³/mol. The first-order valence-corrected chi connectivity index (χ1v) is 10.9. The first-order chi connectivity index (χ1) is 13.4. The highest BCUT2D eigenvalue weighted by Crippen LogP contribution is 2.39. The molecule has 1 aliphatic rings. The molecule has 0 saturated heterocycles. The Labute approximate surface area is 166 Å². The maximum atomic E-state index is 4.50. The Morgan fingerprint density at radius 1 is 1.07 bits per heavy atom. The van der Waals surface area contributed by atoms with Crippen LogP contribution < -0.4 is 0 Å². The first kappa shape index (κ1) is 16.8. The number of hydrogen-bond donors (Lipinski definition) is 0. The van der Waals surface area contributed by atoms with Crippen molar-refractivity contribution in [3.8, 4) is 5.69 Å². The fraction of sp³-hybridized carbons (Fsp3) is 0.250. The van der Waals surface area contributed by atoms with E-state index in [0.717, 1.165) is 28.8 Å². The second kappa shape index (κ2) is 7.32. The highest BCUT2D eigenvalue weighted by molar-refractivity contribution is 7.98. The largest absolute Gasteiger partial charge is 0.303 e. The molecule has 0 aliphatic heterocycles. The zero-order valence-electron chi connectivity index (χ0n) is 14.7. The molecule has 0 atom stereocenters. The topological polar surface area (TPSA) is 48.5 Å². The Bertz CT molecular complexity index is 1000. The minimum absolute atomic E-state index is 0.583. The standard InChI is InChI=1S/C20H19N5S2/c1-3-18(26-12-1)13-19-22-23-20(25(19)17-8-9-17)27-14-15-4-6-16(7-5-15)24-11-2-10-21-24/h1-7,10-12,17H,8-9,13-14H2. The van der Waals surface area contributed by atoms with Crippen LogP contribution in [0.25, 0.3) is 5.69 Å². The molecule has 0 amide bonds. The van der Waals surface area contributed by atoms with Gasteiger partial charge in [0.1, 0.15) is 5.82 Å². The van der Waals surface area contributed by atoms with Crippen LogP contribution in [0.1, 0.15) is 35.1 Å². The van der Waals surface area contributed by atoms with Crippen molar-refractivity contribution < 1.29 is 0 Å². The van der Waals surface area contributed by atoms with Crippen LogP contribution in [-0.4, -0.2) is 24.5 Å². The van der Waals surface area contributed by atoms with Gasteiger partial charge in [-0.1, -0.05) is 30.0 Å². The SMILES string of the molecule is c1csc(Cc2nnc(SCc3ccc(-n4cccn4)cc3)n2C2CC2)c1. The summed E-state index contributed by atoms with van der Waals surface area (Å²) in [6.45, 7) is 0. The number of benzene rings is 1. The molecule has 3 aromatic heterocycles. The van der Waals surface area contributed by atoms with E-state index in [0.29, 0.717) is 6.04 Å². The molecule has 0 unspecified atom stereocenters. The molecule has 0 radical (unpaired) electrons. The zero-order valence-corrected chi connectivity index (χ0v) is 16.4. The fourth-order valence-electron chi connectivity index (χ4n) is 3.11. The summed E-state index contributed by atoms with van der Waals surface area (Å²) >= 11 is 3.56. The summed E-state index contributed by atoms with van der Waals surface area (Å²) in [5.41, 5.74) is 2.36. The summed E-state index contributed by atoms with van der Waals surface area (Å²) in [7, 11) is 0. The monoisotopic (exact) mass is 393 g/mol. The second-order valence-corrected chi connectivity index (χ2v) is 8.64. The zero-order chi connectivity index (χ0) is 18.1. The van der Waals surface area contributed by atoms with Gasteiger partial charge in [-0.05, 0) is 48.1 Å². The lowest BCUT2D eigenvalue weighted by molar-refractivity contribution is 0.635. The third-order valence-corrected chi connectivity index (χ3v) is 6.52. The molecule has 4 aromatic rings. The second-order valence-electron chi connectivity index (χ2n) is 6.66. The fourth-order valence-corrected chi connectivity index (χ4v) is 4.79. The molecule has 1 aliphatic carbocycles. The summed E-state index contributed by atoms with van der Waals surface area (Å²) in [4.78, 5) is 1.34. The summed E-state index contributed by atoms with van der Waals surface area (Å²) in [5, 5.41) is 16.4. The van der Waals surface area contributed by atoms with Gasteiger partial charge in [0.2, 0.25) is 0 Å². The van der Waals surface area contributed by atoms with Crippen LogP contribution in [0.5, 0.6) is 0 Å². The number of rotatable bonds is 7. The van der Waals surface area contributed by atoms with Crippen LogP contribution >= 0.6 is 23.1 Å². The van der Waals surface area contributed by atoms with Gasteiger partial charge in [0.15, 0.2) is 5.16 Å². The van der Waals surface area contributed by atoms with Gasteiger partial charge >= 0.3 is 0 Å². The Morgan fingerprint density at radius 3 is 2.67 bits per heavy atom. The van der Waals surface area contributed by atoms with Crippen molar-refractivity contribution in [1.29, 1.82) is 0 Å². The van der Waals surface area contributed by atoms with E-state index in [1.165, 1.54) is 23.3 Å². The molecular weight excluding hydrogens is 374 g/mol. The molecule has 1 aromatic carbocycles. The molecule has 1 saturated carbocycles. The van der Waals surface area contributed by atoms with Gasteiger partial charge in [0, 0.05) is 35.5 Å². The van der Waals surface area contributed by atoms with Crippen LogP contribution in [0.15, 0.2) is 65.4 Å². The number of thioether (sulfide) groups is 1. The normalized spacial score (nSPS) is 13.9. The van der Waals surface area contributed by atoms with E-state index in [1.807, 2.05) is 16.9 Å².